The molecule has 1 aromatic carbocycles. The van der Waals surface area contributed by atoms with Crippen molar-refractivity contribution < 1.29 is 4.42 Å². The fourth-order valence-electron chi connectivity index (χ4n) is 1.79. The molecule has 0 radical (unpaired) electrons. The molecule has 1 heterocycles. The molecule has 0 bridgehead atoms. The molecule has 18 heavy (non-hydrogen) atoms. The number of aryl methyl sites for hydroxylation is 1. The summed E-state index contributed by atoms with van der Waals surface area (Å²) in [5.41, 5.74) is 1.30. The van der Waals surface area contributed by atoms with Gasteiger partial charge in [-0.3, -0.25) is 0 Å². The molecule has 0 spiro atoms. The van der Waals surface area contributed by atoms with Crippen LogP contribution < -0.4 is 5.32 Å². The van der Waals surface area contributed by atoms with E-state index in [-0.39, 0.29) is 6.04 Å². The van der Waals surface area contributed by atoms with Crippen molar-refractivity contribution in [1.29, 1.82) is 0 Å². The van der Waals surface area contributed by atoms with E-state index in [1.165, 1.54) is 10.5 Å². The van der Waals surface area contributed by atoms with Crippen molar-refractivity contribution >= 4 is 11.8 Å². The van der Waals surface area contributed by atoms with Gasteiger partial charge in [-0.15, -0.1) is 11.8 Å². The summed E-state index contributed by atoms with van der Waals surface area (Å²) in [6, 6.07) is 12.9. The highest BCUT2D eigenvalue weighted by Crippen LogP contribution is 2.25. The lowest BCUT2D eigenvalue weighted by atomic mass is 10.2. The lowest BCUT2D eigenvalue weighted by Crippen LogP contribution is -2.22. The van der Waals surface area contributed by atoms with Crippen LogP contribution in [-0.2, 0) is 0 Å². The van der Waals surface area contributed by atoms with Crippen LogP contribution >= 0.6 is 11.8 Å². The van der Waals surface area contributed by atoms with E-state index in [2.05, 4.69) is 43.4 Å². The highest BCUT2D eigenvalue weighted by molar-refractivity contribution is 7.99. The van der Waals surface area contributed by atoms with E-state index in [9.17, 15) is 0 Å². The van der Waals surface area contributed by atoms with E-state index in [0.29, 0.717) is 0 Å². The van der Waals surface area contributed by atoms with Gasteiger partial charge in [0.25, 0.3) is 0 Å². The van der Waals surface area contributed by atoms with Crippen molar-refractivity contribution in [2.75, 3.05) is 12.3 Å². The van der Waals surface area contributed by atoms with Gasteiger partial charge in [0, 0.05) is 10.6 Å². The SMILES string of the molecule is CCNC(CSc1ccc(C)cc1)c1ccco1. The summed E-state index contributed by atoms with van der Waals surface area (Å²) in [6.07, 6.45) is 1.73. The van der Waals surface area contributed by atoms with Crippen molar-refractivity contribution in [1.82, 2.24) is 5.32 Å². The van der Waals surface area contributed by atoms with Crippen molar-refractivity contribution in [3.05, 3.63) is 54.0 Å². The minimum absolute atomic E-state index is 0.274. The first-order valence-electron chi connectivity index (χ1n) is 6.26. The maximum Gasteiger partial charge on any atom is 0.121 e. The predicted octanol–water partition coefficient (Wildman–Crippen LogP) is 4.03. The third kappa shape index (κ3) is 3.65. The summed E-state index contributed by atoms with van der Waals surface area (Å²) in [5, 5.41) is 3.45. The van der Waals surface area contributed by atoms with Gasteiger partial charge in [-0.25, -0.2) is 0 Å². The molecule has 0 saturated heterocycles. The summed E-state index contributed by atoms with van der Waals surface area (Å²) >= 11 is 1.85. The van der Waals surface area contributed by atoms with Crippen molar-refractivity contribution in [2.45, 2.75) is 24.8 Å². The Bertz CT molecular complexity index is 450. The monoisotopic (exact) mass is 261 g/mol. The first kappa shape index (κ1) is 13.2. The molecule has 1 atom stereocenters. The molecule has 3 heteroatoms. The Labute approximate surface area is 113 Å². The molecule has 2 aromatic rings. The zero-order valence-corrected chi connectivity index (χ0v) is 11.7. The second kappa shape index (κ2) is 6.66. The minimum atomic E-state index is 0.274. The Morgan fingerprint density at radius 2 is 2.00 bits per heavy atom. The molecule has 0 fully saturated rings. The number of rotatable bonds is 6. The van der Waals surface area contributed by atoms with Crippen LogP contribution in [0.15, 0.2) is 52.0 Å². The lowest BCUT2D eigenvalue weighted by Gasteiger charge is -2.15. The van der Waals surface area contributed by atoms with Gasteiger partial charge < -0.3 is 9.73 Å². The first-order chi connectivity index (χ1) is 8.79. The molecule has 0 aliphatic carbocycles. The lowest BCUT2D eigenvalue weighted by molar-refractivity contribution is 0.441. The van der Waals surface area contributed by atoms with Crippen molar-refractivity contribution in [3.63, 3.8) is 0 Å². The number of thioether (sulfide) groups is 1. The van der Waals surface area contributed by atoms with Gasteiger partial charge in [-0.05, 0) is 37.7 Å². The average molecular weight is 261 g/mol. The molecule has 1 unspecified atom stereocenters. The van der Waals surface area contributed by atoms with Crippen molar-refractivity contribution in [2.24, 2.45) is 0 Å². The summed E-state index contributed by atoms with van der Waals surface area (Å²) in [7, 11) is 0. The zero-order chi connectivity index (χ0) is 12.8. The van der Waals surface area contributed by atoms with Gasteiger partial charge >= 0.3 is 0 Å². The Morgan fingerprint density at radius 1 is 1.22 bits per heavy atom. The van der Waals surface area contributed by atoms with E-state index in [4.69, 9.17) is 4.42 Å². The topological polar surface area (TPSA) is 25.2 Å². The van der Waals surface area contributed by atoms with Gasteiger partial charge in [0.1, 0.15) is 5.76 Å². The molecule has 2 nitrogen and oxygen atoms in total. The second-order valence-corrected chi connectivity index (χ2v) is 5.34. The average Bonchev–Trinajstić information content (AvgIpc) is 2.90. The van der Waals surface area contributed by atoms with E-state index >= 15 is 0 Å². The molecular weight excluding hydrogens is 242 g/mol. The number of furan rings is 1. The van der Waals surface area contributed by atoms with Gasteiger partial charge in [-0.2, -0.15) is 0 Å². The Morgan fingerprint density at radius 3 is 2.61 bits per heavy atom. The summed E-state index contributed by atoms with van der Waals surface area (Å²) in [4.78, 5) is 1.30. The summed E-state index contributed by atoms with van der Waals surface area (Å²) < 4.78 is 5.48. The van der Waals surface area contributed by atoms with E-state index in [0.717, 1.165) is 18.1 Å². The highest BCUT2D eigenvalue weighted by Gasteiger charge is 2.13. The van der Waals surface area contributed by atoms with Crippen LogP contribution in [0.1, 0.15) is 24.3 Å². The largest absolute Gasteiger partial charge is 0.468 e. The van der Waals surface area contributed by atoms with Crippen LogP contribution in [0.3, 0.4) is 0 Å². The number of hydrogen-bond acceptors (Lipinski definition) is 3. The normalized spacial score (nSPS) is 12.6. The Kier molecular flexibility index (Phi) is 4.90. The number of nitrogens with one attached hydrogen (secondary N) is 1. The molecule has 96 valence electrons. The molecule has 0 amide bonds. The zero-order valence-electron chi connectivity index (χ0n) is 10.8. The molecular formula is C15H19NOS. The molecule has 1 aromatic heterocycles. The Balaban J connectivity index is 1.95. The van der Waals surface area contributed by atoms with Crippen LogP contribution in [0.25, 0.3) is 0 Å². The van der Waals surface area contributed by atoms with E-state index in [1.807, 2.05) is 23.9 Å². The van der Waals surface area contributed by atoms with Crippen LogP contribution in [0.5, 0.6) is 0 Å². The fourth-order valence-corrected chi connectivity index (χ4v) is 2.76. The van der Waals surface area contributed by atoms with Crippen LogP contribution in [-0.4, -0.2) is 12.3 Å². The highest BCUT2D eigenvalue weighted by atomic mass is 32.2. The maximum absolute atomic E-state index is 5.48. The van der Waals surface area contributed by atoms with Crippen LogP contribution in [0, 0.1) is 6.92 Å². The fraction of sp³-hybridized carbons (Fsp3) is 0.333. The minimum Gasteiger partial charge on any atom is -0.468 e. The molecule has 0 aliphatic rings. The predicted molar refractivity (Wildman–Crippen MR) is 77.0 cm³/mol. The molecule has 0 saturated carbocycles. The summed E-state index contributed by atoms with van der Waals surface area (Å²) in [5.74, 6) is 1.99. The van der Waals surface area contributed by atoms with Crippen LogP contribution in [0.2, 0.25) is 0 Å². The third-order valence-corrected chi connectivity index (χ3v) is 3.88. The third-order valence-electron chi connectivity index (χ3n) is 2.77. The van der Waals surface area contributed by atoms with Gasteiger partial charge in [0.05, 0.1) is 12.3 Å². The standard InChI is InChI=1S/C15H19NOS/c1-3-16-14(15-5-4-10-17-15)11-18-13-8-6-12(2)7-9-13/h4-10,14,16H,3,11H2,1-2H3. The van der Waals surface area contributed by atoms with Gasteiger partial charge in [-0.1, -0.05) is 24.6 Å². The van der Waals surface area contributed by atoms with Crippen molar-refractivity contribution in [3.8, 4) is 0 Å². The first-order valence-corrected chi connectivity index (χ1v) is 7.24. The summed E-state index contributed by atoms with van der Waals surface area (Å²) in [6.45, 7) is 5.17. The number of hydrogen-bond donors (Lipinski definition) is 1. The van der Waals surface area contributed by atoms with E-state index in [1.54, 1.807) is 6.26 Å². The molecule has 0 aliphatic heterocycles. The quantitative estimate of drug-likeness (QED) is 0.795. The second-order valence-electron chi connectivity index (χ2n) is 4.25. The number of benzene rings is 1. The molecule has 2 rings (SSSR count). The smallest absolute Gasteiger partial charge is 0.121 e. The van der Waals surface area contributed by atoms with Gasteiger partial charge in [0.15, 0.2) is 0 Å². The van der Waals surface area contributed by atoms with Gasteiger partial charge in [0.2, 0.25) is 0 Å². The maximum atomic E-state index is 5.48. The molecule has 1 N–H and O–H groups in total. The van der Waals surface area contributed by atoms with Crippen LogP contribution in [0.4, 0.5) is 0 Å². The Hall–Kier alpha value is -1.19. The van der Waals surface area contributed by atoms with E-state index < -0.39 is 0 Å².